The minimum Gasteiger partial charge on any atom is -0.504 e. The van der Waals surface area contributed by atoms with Crippen LogP contribution in [0.4, 0.5) is 22.7 Å². The number of azo groups is 1. The van der Waals surface area contributed by atoms with Crippen LogP contribution in [0.15, 0.2) is 114 Å². The summed E-state index contributed by atoms with van der Waals surface area (Å²) in [6, 6.07) is 4.84. The molecular weight excluding hydrogens is 1210 g/mol. The van der Waals surface area contributed by atoms with Crippen molar-refractivity contribution < 1.29 is 124 Å². The summed E-state index contributed by atoms with van der Waals surface area (Å²) in [5.41, 5.74) is -4.21. The van der Waals surface area contributed by atoms with Gasteiger partial charge >= 0.3 is 10.4 Å². The van der Waals surface area contributed by atoms with Crippen molar-refractivity contribution in [3.05, 3.63) is 85.8 Å². The molecular formula is C30H30N6O30S9. The Morgan fingerprint density at radius 2 is 0.907 bits per heavy atom. The number of aromatic hydroxyl groups is 1. The highest BCUT2D eigenvalue weighted by atomic mass is 32.3. The van der Waals surface area contributed by atoms with Gasteiger partial charge in [-0.05, 0) is 54.6 Å². The number of benzene rings is 4. The summed E-state index contributed by atoms with van der Waals surface area (Å²) < 4.78 is 233. The third-order valence-corrected chi connectivity index (χ3v) is 17.5. The van der Waals surface area contributed by atoms with E-state index in [0.29, 0.717) is 42.5 Å². The number of nitrogens with zero attached hydrogens (tertiary/aromatic N) is 4. The van der Waals surface area contributed by atoms with E-state index in [0.717, 1.165) is 6.07 Å². The lowest BCUT2D eigenvalue weighted by atomic mass is 10.2. The summed E-state index contributed by atoms with van der Waals surface area (Å²) in [5.74, 6) is -4.65. The summed E-state index contributed by atoms with van der Waals surface area (Å²) in [4.78, 5) is 21.2. The van der Waals surface area contributed by atoms with Crippen molar-refractivity contribution in [1.29, 1.82) is 0 Å². The molecule has 0 aliphatic rings. The Labute approximate surface area is 428 Å². The number of phenolic OH excluding ortho intramolecular Hbond substituents is 1. The predicted octanol–water partition coefficient (Wildman–Crippen LogP) is -0.858. The highest BCUT2D eigenvalue weighted by Gasteiger charge is 2.27. The fourth-order valence-corrected chi connectivity index (χ4v) is 11.9. The van der Waals surface area contributed by atoms with E-state index in [-0.39, 0.29) is 30.7 Å². The van der Waals surface area contributed by atoms with Gasteiger partial charge < -0.3 is 5.11 Å². The maximum absolute atomic E-state index is 13.9. The molecule has 0 bridgehead atoms. The van der Waals surface area contributed by atoms with Gasteiger partial charge in [0.05, 0.1) is 63.1 Å². The lowest BCUT2D eigenvalue weighted by Gasteiger charge is -2.10. The Bertz CT molecular complexity index is 3910. The average Bonchev–Trinajstić information content (AvgIpc) is 3.29. The second kappa shape index (κ2) is 25.4. The molecule has 4 aromatic rings. The molecule has 0 atom stereocenters. The second-order valence-corrected chi connectivity index (χ2v) is 25.9. The topological polar surface area (TPSA) is 553 Å². The summed E-state index contributed by atoms with van der Waals surface area (Å²) in [7, 11) is -35.3. The van der Waals surface area contributed by atoms with E-state index in [1.54, 1.807) is 0 Å². The Morgan fingerprint density at radius 3 is 1.32 bits per heavy atom. The van der Waals surface area contributed by atoms with E-state index in [2.05, 4.69) is 51.7 Å². The van der Waals surface area contributed by atoms with Gasteiger partial charge in [-0.1, -0.05) is 10.1 Å². The van der Waals surface area contributed by atoms with Crippen LogP contribution in [-0.4, -0.2) is 130 Å². The summed E-state index contributed by atoms with van der Waals surface area (Å²) in [6.45, 7) is -2.54. The number of hydrogen-bond acceptors (Lipinski definition) is 34. The van der Waals surface area contributed by atoms with Crippen molar-refractivity contribution in [2.24, 2.45) is 20.4 Å². The van der Waals surface area contributed by atoms with Gasteiger partial charge in [-0.2, -0.15) is 43.9 Å². The fraction of sp³-hybridized carbons (Fsp3) is 0.200. The van der Waals surface area contributed by atoms with Gasteiger partial charge in [0.1, 0.15) is 20.4 Å². The molecule has 0 unspecified atom stereocenters. The van der Waals surface area contributed by atoms with Crippen LogP contribution in [0.2, 0.25) is 0 Å². The van der Waals surface area contributed by atoms with Crippen molar-refractivity contribution in [2.75, 3.05) is 47.9 Å². The standard InChI is InChI=1S/C30H30N6O30S9/c37-28-25(34-31-19-4-1-16(13-22(19)72(48,49)50)69(42,43)10-7-60-67-65-63-40)29(38)27(36-33-21-6-3-18(15-24(21)74(54,55)56)71(46,47)12-9-62-75(57,58)59)30(39)26(28)35-32-20-5-2-17(14-23(20)73(51,52)53)70(44,45)11-8-61-68-66-64-41/h1-6,13-15,31,33,37,40-41H,7-12H2,(H,48,49,50)(H,51,52,53)(H,54,55,56)(H,57,58,59). The molecule has 0 saturated heterocycles. The lowest BCUT2D eigenvalue weighted by Crippen LogP contribution is -2.48. The van der Waals surface area contributed by atoms with E-state index in [9.17, 15) is 87.3 Å². The Kier molecular flexibility index (Phi) is 21.1. The molecule has 414 valence electrons. The molecule has 0 amide bonds. The molecule has 0 aromatic heterocycles. The third kappa shape index (κ3) is 17.5. The SMILES string of the molecule is O=c1c(N=Nc2ccc(S(=O)(=O)CCOSOOO)cc2S(=O)(=O)O)c(O)c(=NNc2ccc(S(=O)(=O)CCOSOOO)cc2S(=O)(=O)O)c(=O)c1=NNc1ccc(S(=O)(=O)CCOS(=O)(=O)O)cc1S(=O)(=O)O. The fourth-order valence-electron chi connectivity index (χ4n) is 5.29. The van der Waals surface area contributed by atoms with Crippen molar-refractivity contribution in [3.63, 3.8) is 0 Å². The highest BCUT2D eigenvalue weighted by Crippen LogP contribution is 2.31. The van der Waals surface area contributed by atoms with Crippen LogP contribution in [0.25, 0.3) is 0 Å². The van der Waals surface area contributed by atoms with E-state index >= 15 is 0 Å². The monoisotopic (exact) mass is 1240 g/mol. The van der Waals surface area contributed by atoms with Crippen LogP contribution in [0.3, 0.4) is 0 Å². The summed E-state index contributed by atoms with van der Waals surface area (Å²) >= 11 is -0.0170. The van der Waals surface area contributed by atoms with Gasteiger partial charge in [-0.15, -0.1) is 18.9 Å². The van der Waals surface area contributed by atoms with E-state index < -0.39 is 187 Å². The first-order valence-electron chi connectivity index (χ1n) is 18.4. The summed E-state index contributed by atoms with van der Waals surface area (Å²) in [5, 5.41) is 44.9. The van der Waals surface area contributed by atoms with Gasteiger partial charge in [-0.25, -0.2) is 40.0 Å². The summed E-state index contributed by atoms with van der Waals surface area (Å²) in [6.07, 6.45) is 0. The number of anilines is 2. The normalized spacial score (nSPS) is 13.7. The minimum atomic E-state index is -5.54. The van der Waals surface area contributed by atoms with Gasteiger partial charge in [-0.3, -0.25) is 47.0 Å². The predicted molar refractivity (Wildman–Crippen MR) is 245 cm³/mol. The maximum atomic E-state index is 13.9. The van der Waals surface area contributed by atoms with E-state index in [1.807, 2.05) is 10.9 Å². The second-order valence-electron chi connectivity index (χ2n) is 13.3. The van der Waals surface area contributed by atoms with Gasteiger partial charge in [0.2, 0.25) is 10.9 Å². The molecule has 4 aromatic carbocycles. The molecule has 75 heavy (non-hydrogen) atoms. The van der Waals surface area contributed by atoms with Crippen LogP contribution in [0.5, 0.6) is 5.75 Å². The molecule has 9 N–H and O–H groups in total. The molecule has 0 heterocycles. The van der Waals surface area contributed by atoms with Crippen LogP contribution in [-0.2, 0) is 102 Å². The number of hydrogen-bond donors (Lipinski definition) is 9. The van der Waals surface area contributed by atoms with E-state index in [4.69, 9.17) is 15.1 Å². The van der Waals surface area contributed by atoms with Gasteiger partial charge in [0, 0.05) is 0 Å². The zero-order chi connectivity index (χ0) is 56.4. The average molecular weight is 1240 g/mol. The first kappa shape index (κ1) is 62.4. The molecule has 4 rings (SSSR count). The Hall–Kier alpha value is -5.09. The van der Waals surface area contributed by atoms with E-state index in [1.165, 1.54) is 0 Å². The first-order chi connectivity index (χ1) is 34.6. The number of rotatable bonds is 28. The zero-order valence-corrected chi connectivity index (χ0v) is 43.3. The molecule has 0 fully saturated rings. The van der Waals surface area contributed by atoms with Crippen molar-refractivity contribution >= 4 is 118 Å². The number of phenols is 1. The molecule has 0 aliphatic carbocycles. The van der Waals surface area contributed by atoms with Crippen LogP contribution in [0.1, 0.15) is 0 Å². The zero-order valence-electron chi connectivity index (χ0n) is 35.9. The van der Waals surface area contributed by atoms with Crippen molar-refractivity contribution in [1.82, 2.24) is 0 Å². The smallest absolute Gasteiger partial charge is 0.397 e. The maximum Gasteiger partial charge on any atom is 0.397 e. The molecule has 0 radical (unpaired) electrons. The third-order valence-electron chi connectivity index (χ3n) is 8.56. The lowest BCUT2D eigenvalue weighted by molar-refractivity contribution is -0.434. The minimum absolute atomic E-state index is 0.00699. The van der Waals surface area contributed by atoms with Crippen molar-refractivity contribution in [3.8, 4) is 5.75 Å². The van der Waals surface area contributed by atoms with Crippen LogP contribution >= 0.6 is 24.6 Å². The van der Waals surface area contributed by atoms with Crippen molar-refractivity contribution in [2.45, 2.75) is 29.4 Å². The van der Waals surface area contributed by atoms with Crippen LogP contribution < -0.4 is 32.4 Å². The Morgan fingerprint density at radius 1 is 0.507 bits per heavy atom. The molecule has 0 spiro atoms. The van der Waals surface area contributed by atoms with Gasteiger partial charge in [0.15, 0.2) is 76.3 Å². The quantitative estimate of drug-likeness (QED) is 0.00834. The molecule has 0 saturated carbocycles. The number of nitrogens with one attached hydrogen (secondary N) is 2. The Balaban J connectivity index is 1.97. The van der Waals surface area contributed by atoms with Crippen LogP contribution in [0, 0.1) is 0 Å². The van der Waals surface area contributed by atoms with Gasteiger partial charge in [0.25, 0.3) is 30.4 Å². The number of sulfone groups is 3. The molecule has 36 nitrogen and oxygen atoms in total. The largest absolute Gasteiger partial charge is 0.504 e. The molecule has 0 aliphatic heterocycles. The highest BCUT2D eigenvalue weighted by molar-refractivity contribution is 7.92. The molecule has 45 heteroatoms. The first-order valence-corrected chi connectivity index (χ1v) is 30.4.